The van der Waals surface area contributed by atoms with Crippen LogP contribution in [0.3, 0.4) is 0 Å². The molecule has 0 bridgehead atoms. The molecule has 1 aliphatic carbocycles. The molecule has 0 atom stereocenters. The fourth-order valence-electron chi connectivity index (χ4n) is 2.83. The highest BCUT2D eigenvalue weighted by molar-refractivity contribution is 5.92. The van der Waals surface area contributed by atoms with Crippen LogP contribution in [0.5, 0.6) is 0 Å². The van der Waals surface area contributed by atoms with E-state index in [4.69, 9.17) is 0 Å². The van der Waals surface area contributed by atoms with Gasteiger partial charge in [0.2, 0.25) is 5.91 Å². The Kier molecular flexibility index (Phi) is 5.14. The van der Waals surface area contributed by atoms with E-state index in [0.29, 0.717) is 0 Å². The number of azo groups is 1. The number of carbonyl (C=O) groups excluding carboxylic acids is 1. The van der Waals surface area contributed by atoms with Gasteiger partial charge >= 0.3 is 0 Å². The third-order valence-electron chi connectivity index (χ3n) is 4.15. The fourth-order valence-corrected chi connectivity index (χ4v) is 2.83. The summed E-state index contributed by atoms with van der Waals surface area (Å²) in [6.07, 6.45) is 5.60. The smallest absolute Gasteiger partial charge is 0.227 e. The summed E-state index contributed by atoms with van der Waals surface area (Å²) in [5, 5.41) is 11.4. The van der Waals surface area contributed by atoms with Crippen LogP contribution >= 0.6 is 0 Å². The minimum absolute atomic E-state index is 0.142. The van der Waals surface area contributed by atoms with Crippen LogP contribution in [0.15, 0.2) is 64.8 Å². The molecular formula is C19H21N3O. The van der Waals surface area contributed by atoms with Crippen molar-refractivity contribution in [3.05, 3.63) is 54.6 Å². The van der Waals surface area contributed by atoms with Gasteiger partial charge in [-0.1, -0.05) is 37.5 Å². The number of amides is 1. The first-order valence-electron chi connectivity index (χ1n) is 8.19. The molecule has 0 heterocycles. The van der Waals surface area contributed by atoms with Crippen molar-refractivity contribution in [1.29, 1.82) is 0 Å². The minimum atomic E-state index is 0.142. The lowest BCUT2D eigenvalue weighted by Crippen LogP contribution is -2.24. The standard InChI is InChI=1S/C19H21N3O/c23-19(15-7-3-1-4-8-15)20-16-11-13-18(14-12-16)22-21-17-9-5-2-6-10-17/h2,5-6,9-15H,1,3-4,7-8H2,(H,20,23). The van der Waals surface area contributed by atoms with Crippen molar-refractivity contribution in [1.82, 2.24) is 0 Å². The van der Waals surface area contributed by atoms with Crippen molar-refractivity contribution in [3.8, 4) is 0 Å². The Hall–Kier alpha value is -2.49. The van der Waals surface area contributed by atoms with Crippen molar-refractivity contribution >= 4 is 23.0 Å². The fraction of sp³-hybridized carbons (Fsp3) is 0.316. The quantitative estimate of drug-likeness (QED) is 0.732. The first kappa shape index (κ1) is 15.4. The Morgan fingerprint density at radius 2 is 1.43 bits per heavy atom. The normalized spacial score (nSPS) is 15.7. The molecule has 4 nitrogen and oxygen atoms in total. The Morgan fingerprint density at radius 1 is 0.826 bits per heavy atom. The van der Waals surface area contributed by atoms with E-state index in [1.807, 2.05) is 54.6 Å². The van der Waals surface area contributed by atoms with Crippen molar-refractivity contribution < 1.29 is 4.79 Å². The third kappa shape index (κ3) is 4.49. The van der Waals surface area contributed by atoms with Crippen molar-refractivity contribution in [2.75, 3.05) is 5.32 Å². The molecule has 3 rings (SSSR count). The molecule has 1 fully saturated rings. The monoisotopic (exact) mass is 307 g/mol. The second-order valence-corrected chi connectivity index (χ2v) is 5.91. The van der Waals surface area contributed by atoms with Gasteiger partial charge in [0.25, 0.3) is 0 Å². The summed E-state index contributed by atoms with van der Waals surface area (Å²) in [4.78, 5) is 12.2. The van der Waals surface area contributed by atoms with Crippen LogP contribution in [0.2, 0.25) is 0 Å². The summed E-state index contributed by atoms with van der Waals surface area (Å²) in [6.45, 7) is 0. The second kappa shape index (κ2) is 7.68. The van der Waals surface area contributed by atoms with Gasteiger partial charge in [-0.05, 0) is 49.2 Å². The Labute approximate surface area is 136 Å². The predicted molar refractivity (Wildman–Crippen MR) is 92.3 cm³/mol. The number of rotatable bonds is 4. The zero-order chi connectivity index (χ0) is 15.9. The van der Waals surface area contributed by atoms with E-state index in [1.54, 1.807) is 0 Å². The third-order valence-corrected chi connectivity index (χ3v) is 4.15. The van der Waals surface area contributed by atoms with Gasteiger partial charge in [0, 0.05) is 11.6 Å². The maximum atomic E-state index is 12.2. The number of benzene rings is 2. The summed E-state index contributed by atoms with van der Waals surface area (Å²) in [5.41, 5.74) is 2.41. The topological polar surface area (TPSA) is 53.8 Å². The van der Waals surface area contributed by atoms with Gasteiger partial charge in [0.15, 0.2) is 0 Å². The number of nitrogens with zero attached hydrogens (tertiary/aromatic N) is 2. The molecule has 0 aliphatic heterocycles. The molecule has 1 saturated carbocycles. The average Bonchev–Trinajstić information content (AvgIpc) is 2.63. The molecule has 0 saturated heterocycles. The van der Waals surface area contributed by atoms with Crippen LogP contribution < -0.4 is 5.32 Å². The Bertz CT molecular complexity index is 659. The van der Waals surface area contributed by atoms with Gasteiger partial charge in [-0.3, -0.25) is 4.79 Å². The lowest BCUT2D eigenvalue weighted by Gasteiger charge is -2.20. The molecule has 1 amide bonds. The van der Waals surface area contributed by atoms with E-state index in [0.717, 1.165) is 42.7 Å². The number of carbonyl (C=O) groups is 1. The van der Waals surface area contributed by atoms with Gasteiger partial charge < -0.3 is 5.32 Å². The summed E-state index contributed by atoms with van der Waals surface area (Å²) < 4.78 is 0. The van der Waals surface area contributed by atoms with Crippen LogP contribution in [0.1, 0.15) is 32.1 Å². The van der Waals surface area contributed by atoms with Gasteiger partial charge in [-0.25, -0.2) is 0 Å². The van der Waals surface area contributed by atoms with Gasteiger partial charge in [0.1, 0.15) is 0 Å². The van der Waals surface area contributed by atoms with Gasteiger partial charge in [-0.15, -0.1) is 0 Å². The minimum Gasteiger partial charge on any atom is -0.326 e. The van der Waals surface area contributed by atoms with E-state index < -0.39 is 0 Å². The first-order chi connectivity index (χ1) is 11.3. The predicted octanol–water partition coefficient (Wildman–Crippen LogP) is 5.62. The summed E-state index contributed by atoms with van der Waals surface area (Å²) in [5.74, 6) is 0.310. The zero-order valence-electron chi connectivity index (χ0n) is 13.1. The molecule has 2 aromatic carbocycles. The zero-order valence-corrected chi connectivity index (χ0v) is 13.1. The number of hydrogen-bond donors (Lipinski definition) is 1. The Morgan fingerprint density at radius 3 is 2.09 bits per heavy atom. The number of hydrogen-bond acceptors (Lipinski definition) is 3. The molecule has 0 spiro atoms. The molecule has 4 heteroatoms. The van der Waals surface area contributed by atoms with E-state index in [2.05, 4.69) is 15.5 Å². The van der Waals surface area contributed by atoms with E-state index in [1.165, 1.54) is 6.42 Å². The van der Waals surface area contributed by atoms with E-state index >= 15 is 0 Å². The highest BCUT2D eigenvalue weighted by Crippen LogP contribution is 2.25. The average molecular weight is 307 g/mol. The summed E-state index contributed by atoms with van der Waals surface area (Å²) >= 11 is 0. The molecule has 0 unspecified atom stereocenters. The SMILES string of the molecule is O=C(Nc1ccc(N=Nc2ccccc2)cc1)C1CCCCC1. The van der Waals surface area contributed by atoms with Crippen LogP contribution in [0, 0.1) is 5.92 Å². The summed E-state index contributed by atoms with van der Waals surface area (Å²) in [6, 6.07) is 17.1. The van der Waals surface area contributed by atoms with Crippen LogP contribution in [0.4, 0.5) is 17.1 Å². The molecular weight excluding hydrogens is 286 g/mol. The maximum absolute atomic E-state index is 12.2. The van der Waals surface area contributed by atoms with Gasteiger partial charge in [0.05, 0.1) is 11.4 Å². The Balaban J connectivity index is 1.58. The molecule has 1 N–H and O–H groups in total. The molecule has 2 aromatic rings. The number of anilines is 1. The van der Waals surface area contributed by atoms with E-state index in [9.17, 15) is 4.79 Å². The maximum Gasteiger partial charge on any atom is 0.227 e. The first-order valence-corrected chi connectivity index (χ1v) is 8.19. The summed E-state index contributed by atoms with van der Waals surface area (Å²) in [7, 11) is 0. The highest BCUT2D eigenvalue weighted by atomic mass is 16.1. The van der Waals surface area contributed by atoms with Gasteiger partial charge in [-0.2, -0.15) is 10.2 Å². The van der Waals surface area contributed by atoms with Crippen LogP contribution in [-0.2, 0) is 4.79 Å². The van der Waals surface area contributed by atoms with Crippen molar-refractivity contribution in [2.24, 2.45) is 16.1 Å². The molecule has 23 heavy (non-hydrogen) atoms. The van der Waals surface area contributed by atoms with Crippen molar-refractivity contribution in [3.63, 3.8) is 0 Å². The molecule has 1 aliphatic rings. The van der Waals surface area contributed by atoms with Crippen LogP contribution in [0.25, 0.3) is 0 Å². The lowest BCUT2D eigenvalue weighted by atomic mass is 9.88. The van der Waals surface area contributed by atoms with Crippen molar-refractivity contribution in [2.45, 2.75) is 32.1 Å². The molecule has 0 aromatic heterocycles. The largest absolute Gasteiger partial charge is 0.326 e. The number of nitrogens with one attached hydrogen (secondary N) is 1. The highest BCUT2D eigenvalue weighted by Gasteiger charge is 2.20. The molecule has 0 radical (unpaired) electrons. The molecule has 118 valence electrons. The van der Waals surface area contributed by atoms with E-state index in [-0.39, 0.29) is 11.8 Å². The van der Waals surface area contributed by atoms with Crippen LogP contribution in [-0.4, -0.2) is 5.91 Å². The second-order valence-electron chi connectivity index (χ2n) is 5.91. The lowest BCUT2D eigenvalue weighted by molar-refractivity contribution is -0.120.